The van der Waals surface area contributed by atoms with Gasteiger partial charge in [0.25, 0.3) is 5.91 Å². The van der Waals surface area contributed by atoms with Gasteiger partial charge in [-0.1, -0.05) is 30.3 Å². The monoisotopic (exact) mass is 336 g/mol. The Morgan fingerprint density at radius 3 is 2.44 bits per heavy atom. The van der Waals surface area contributed by atoms with Crippen molar-refractivity contribution in [3.05, 3.63) is 64.7 Å². The quantitative estimate of drug-likeness (QED) is 0.842. The number of carbonyl (C=O) groups is 2. The van der Waals surface area contributed by atoms with Crippen LogP contribution in [-0.4, -0.2) is 35.8 Å². The summed E-state index contributed by atoms with van der Waals surface area (Å²) < 4.78 is 0. The molecule has 4 nitrogen and oxygen atoms in total. The molecule has 130 valence electrons. The molecule has 1 fully saturated rings. The summed E-state index contributed by atoms with van der Waals surface area (Å²) in [6.45, 7) is 8.83. The Morgan fingerprint density at radius 1 is 1.00 bits per heavy atom. The maximum Gasteiger partial charge on any atom is 0.254 e. The molecule has 1 aliphatic heterocycles. The van der Waals surface area contributed by atoms with Crippen molar-refractivity contribution in [1.29, 1.82) is 0 Å². The van der Waals surface area contributed by atoms with Crippen molar-refractivity contribution >= 4 is 17.5 Å². The average Bonchev–Trinajstić information content (AvgIpc) is 2.59. The zero-order chi connectivity index (χ0) is 18.1. The molecule has 1 saturated heterocycles. The second kappa shape index (κ2) is 6.71. The lowest BCUT2D eigenvalue weighted by Gasteiger charge is -2.40. The van der Waals surface area contributed by atoms with Crippen molar-refractivity contribution in [2.45, 2.75) is 33.7 Å². The van der Waals surface area contributed by atoms with Gasteiger partial charge < -0.3 is 9.80 Å². The normalized spacial score (nSPS) is 17.8. The molecule has 1 atom stereocenters. The molecule has 2 amide bonds. The number of aryl methyl sites for hydroxylation is 3. The highest BCUT2D eigenvalue weighted by Crippen LogP contribution is 2.26. The number of nitrogens with zero attached hydrogens (tertiary/aromatic N) is 2. The van der Waals surface area contributed by atoms with E-state index in [1.165, 1.54) is 0 Å². The first-order valence-corrected chi connectivity index (χ1v) is 8.65. The van der Waals surface area contributed by atoms with Gasteiger partial charge in [-0.05, 0) is 56.5 Å². The molecule has 1 heterocycles. The van der Waals surface area contributed by atoms with E-state index in [1.54, 1.807) is 4.90 Å². The second-order valence-electron chi connectivity index (χ2n) is 6.77. The van der Waals surface area contributed by atoms with Crippen molar-refractivity contribution in [3.8, 4) is 0 Å². The van der Waals surface area contributed by atoms with Crippen LogP contribution >= 0.6 is 0 Å². The van der Waals surface area contributed by atoms with Crippen LogP contribution in [0, 0.1) is 20.8 Å². The van der Waals surface area contributed by atoms with Crippen LogP contribution in [-0.2, 0) is 4.79 Å². The Hall–Kier alpha value is -2.62. The van der Waals surface area contributed by atoms with Gasteiger partial charge in [-0.15, -0.1) is 0 Å². The Labute approximate surface area is 149 Å². The van der Waals surface area contributed by atoms with E-state index in [2.05, 4.69) is 0 Å². The molecule has 1 aliphatic rings. The molecule has 0 N–H and O–H groups in total. The summed E-state index contributed by atoms with van der Waals surface area (Å²) >= 11 is 0. The van der Waals surface area contributed by atoms with Crippen molar-refractivity contribution < 1.29 is 9.59 Å². The van der Waals surface area contributed by atoms with Gasteiger partial charge in [-0.25, -0.2) is 0 Å². The molecule has 2 aromatic carbocycles. The fourth-order valence-corrected chi connectivity index (χ4v) is 3.36. The first-order valence-electron chi connectivity index (χ1n) is 8.65. The fraction of sp³-hybridized carbons (Fsp3) is 0.333. The van der Waals surface area contributed by atoms with Crippen LogP contribution in [0.25, 0.3) is 0 Å². The second-order valence-corrected chi connectivity index (χ2v) is 6.77. The largest absolute Gasteiger partial charge is 0.325 e. The molecular weight excluding hydrogens is 312 g/mol. The van der Waals surface area contributed by atoms with Crippen LogP contribution < -0.4 is 4.90 Å². The van der Waals surface area contributed by atoms with Gasteiger partial charge >= 0.3 is 0 Å². The van der Waals surface area contributed by atoms with E-state index in [4.69, 9.17) is 0 Å². The van der Waals surface area contributed by atoms with Crippen molar-refractivity contribution in [1.82, 2.24) is 4.90 Å². The van der Waals surface area contributed by atoms with E-state index >= 15 is 0 Å². The van der Waals surface area contributed by atoms with E-state index in [-0.39, 0.29) is 11.8 Å². The summed E-state index contributed by atoms with van der Waals surface area (Å²) in [5.74, 6) is -0.0959. The number of hydrogen-bond acceptors (Lipinski definition) is 2. The van der Waals surface area contributed by atoms with Crippen LogP contribution in [0.5, 0.6) is 0 Å². The topological polar surface area (TPSA) is 40.6 Å². The van der Waals surface area contributed by atoms with Crippen LogP contribution in [0.1, 0.15) is 34.0 Å². The predicted octanol–water partition coefficient (Wildman–Crippen LogP) is 3.49. The number of anilines is 1. The van der Waals surface area contributed by atoms with E-state index in [9.17, 15) is 9.59 Å². The number of carbonyl (C=O) groups excluding carboxylic acids is 2. The van der Waals surface area contributed by atoms with Gasteiger partial charge in [0.1, 0.15) is 6.04 Å². The van der Waals surface area contributed by atoms with E-state index in [0.29, 0.717) is 18.7 Å². The lowest BCUT2D eigenvalue weighted by Crippen LogP contribution is -2.58. The summed E-state index contributed by atoms with van der Waals surface area (Å²) in [4.78, 5) is 29.3. The van der Waals surface area contributed by atoms with Crippen molar-refractivity contribution in [3.63, 3.8) is 0 Å². The molecule has 2 aromatic rings. The summed E-state index contributed by atoms with van der Waals surface area (Å²) in [5, 5.41) is 0. The van der Waals surface area contributed by atoms with Gasteiger partial charge in [-0.2, -0.15) is 0 Å². The lowest BCUT2D eigenvalue weighted by atomic mass is 10.0. The molecule has 0 unspecified atom stereocenters. The molecule has 0 saturated carbocycles. The standard InChI is InChI=1S/C21H24N2O2/c1-14-9-10-16(3)19(13-14)23-12-11-22(17(4)20(23)24)21(25)18-8-6-5-7-15(18)2/h5-10,13,17H,11-12H2,1-4H3/t17-/m0/s1. The minimum absolute atomic E-state index is 0.0260. The Balaban J connectivity index is 1.86. The smallest absolute Gasteiger partial charge is 0.254 e. The van der Waals surface area contributed by atoms with Crippen molar-refractivity contribution in [2.75, 3.05) is 18.0 Å². The maximum atomic E-state index is 13.0. The number of rotatable bonds is 2. The Morgan fingerprint density at radius 2 is 1.72 bits per heavy atom. The Kier molecular flexibility index (Phi) is 4.62. The molecule has 25 heavy (non-hydrogen) atoms. The number of piperazine rings is 1. The highest BCUT2D eigenvalue weighted by Gasteiger charge is 2.36. The fourth-order valence-electron chi connectivity index (χ4n) is 3.36. The van der Waals surface area contributed by atoms with Crippen LogP contribution in [0.15, 0.2) is 42.5 Å². The number of amides is 2. The molecule has 3 rings (SSSR count). The first kappa shape index (κ1) is 17.2. The SMILES string of the molecule is Cc1ccc(C)c(N2CCN(C(=O)c3ccccc3C)[C@@H](C)C2=O)c1. The maximum absolute atomic E-state index is 13.0. The molecule has 4 heteroatoms. The zero-order valence-electron chi connectivity index (χ0n) is 15.2. The van der Waals surface area contributed by atoms with E-state index < -0.39 is 6.04 Å². The predicted molar refractivity (Wildman–Crippen MR) is 99.9 cm³/mol. The van der Waals surface area contributed by atoms with Crippen LogP contribution in [0.3, 0.4) is 0 Å². The average molecular weight is 336 g/mol. The lowest BCUT2D eigenvalue weighted by molar-refractivity contribution is -0.124. The van der Waals surface area contributed by atoms with E-state index in [0.717, 1.165) is 22.4 Å². The molecule has 0 aliphatic carbocycles. The van der Waals surface area contributed by atoms with Crippen molar-refractivity contribution in [2.24, 2.45) is 0 Å². The van der Waals surface area contributed by atoms with Crippen LogP contribution in [0.4, 0.5) is 5.69 Å². The third-order valence-electron chi connectivity index (χ3n) is 4.95. The van der Waals surface area contributed by atoms with Gasteiger partial charge in [0, 0.05) is 24.3 Å². The third kappa shape index (κ3) is 3.16. The highest BCUT2D eigenvalue weighted by molar-refractivity contribution is 6.04. The molecular formula is C21H24N2O2. The Bertz CT molecular complexity index is 828. The summed E-state index contributed by atoms with van der Waals surface area (Å²) in [5.41, 5.74) is 4.75. The summed E-state index contributed by atoms with van der Waals surface area (Å²) in [7, 11) is 0. The molecule has 0 radical (unpaired) electrons. The minimum atomic E-state index is -0.472. The van der Waals surface area contributed by atoms with Gasteiger partial charge in [0.15, 0.2) is 0 Å². The van der Waals surface area contributed by atoms with Gasteiger partial charge in [-0.3, -0.25) is 9.59 Å². The first-order chi connectivity index (χ1) is 11.9. The van der Waals surface area contributed by atoms with Gasteiger partial charge in [0.2, 0.25) is 5.91 Å². The number of benzene rings is 2. The van der Waals surface area contributed by atoms with Crippen LogP contribution in [0.2, 0.25) is 0 Å². The van der Waals surface area contributed by atoms with E-state index in [1.807, 2.05) is 75.1 Å². The summed E-state index contributed by atoms with van der Waals surface area (Å²) in [6, 6.07) is 13.2. The number of hydrogen-bond donors (Lipinski definition) is 0. The zero-order valence-corrected chi connectivity index (χ0v) is 15.2. The minimum Gasteiger partial charge on any atom is -0.325 e. The molecule has 0 spiro atoms. The highest BCUT2D eigenvalue weighted by atomic mass is 16.2. The third-order valence-corrected chi connectivity index (χ3v) is 4.95. The molecule has 0 bridgehead atoms. The summed E-state index contributed by atoms with van der Waals surface area (Å²) in [6.07, 6.45) is 0. The van der Waals surface area contributed by atoms with Gasteiger partial charge in [0.05, 0.1) is 0 Å². The molecule has 0 aromatic heterocycles.